The maximum absolute atomic E-state index is 12.5. The molecule has 20 heavy (non-hydrogen) atoms. The third-order valence-corrected chi connectivity index (χ3v) is 3.51. The topological polar surface area (TPSA) is 88.3 Å². The van der Waals surface area contributed by atoms with Gasteiger partial charge < -0.3 is 14.7 Å². The van der Waals surface area contributed by atoms with Crippen molar-refractivity contribution >= 4 is 11.8 Å². The average Bonchev–Trinajstić information content (AvgIpc) is 2.85. The Hall–Kier alpha value is -1.92. The number of aromatic nitrogens is 2. The summed E-state index contributed by atoms with van der Waals surface area (Å²) in [5.41, 5.74) is -0.322. The predicted octanol–water partition coefficient (Wildman–Crippen LogP) is 0.374. The van der Waals surface area contributed by atoms with E-state index < -0.39 is 12.1 Å². The quantitative estimate of drug-likeness (QED) is 0.864. The highest BCUT2D eigenvalue weighted by atomic mass is 16.5. The van der Waals surface area contributed by atoms with Gasteiger partial charge in [-0.15, -0.1) is 0 Å². The van der Waals surface area contributed by atoms with Crippen LogP contribution in [0.1, 0.15) is 33.5 Å². The van der Waals surface area contributed by atoms with Gasteiger partial charge in [0.15, 0.2) is 5.82 Å². The summed E-state index contributed by atoms with van der Waals surface area (Å²) in [6.45, 7) is 7.93. The molecule has 0 spiro atoms. The van der Waals surface area contributed by atoms with Crippen molar-refractivity contribution in [1.82, 2.24) is 20.4 Å². The highest BCUT2D eigenvalue weighted by molar-refractivity contribution is 5.97. The van der Waals surface area contributed by atoms with Crippen LogP contribution in [-0.2, 0) is 16.0 Å². The van der Waals surface area contributed by atoms with Crippen LogP contribution in [0, 0.1) is 5.41 Å². The van der Waals surface area contributed by atoms with Crippen molar-refractivity contribution in [1.29, 1.82) is 0 Å². The molecular weight excluding hydrogens is 260 g/mol. The maximum atomic E-state index is 12.5. The van der Waals surface area contributed by atoms with Gasteiger partial charge in [0.05, 0.1) is 0 Å². The number of rotatable bonds is 3. The van der Waals surface area contributed by atoms with E-state index in [1.807, 2.05) is 20.8 Å². The summed E-state index contributed by atoms with van der Waals surface area (Å²) >= 11 is 0. The zero-order valence-electron chi connectivity index (χ0n) is 12.2. The van der Waals surface area contributed by atoms with Gasteiger partial charge >= 0.3 is 0 Å². The molecule has 1 aromatic heterocycles. The van der Waals surface area contributed by atoms with Crippen molar-refractivity contribution < 1.29 is 14.1 Å². The summed E-state index contributed by atoms with van der Waals surface area (Å²) < 4.78 is 4.66. The number of amides is 2. The van der Waals surface area contributed by atoms with Crippen molar-refractivity contribution in [3.8, 4) is 0 Å². The van der Waals surface area contributed by atoms with Crippen LogP contribution in [0.25, 0.3) is 0 Å². The largest absolute Gasteiger partial charge is 0.343 e. The lowest BCUT2D eigenvalue weighted by molar-refractivity contribution is -0.151. The van der Waals surface area contributed by atoms with Gasteiger partial charge in [-0.3, -0.25) is 9.59 Å². The predicted molar refractivity (Wildman–Crippen MR) is 70.6 cm³/mol. The first-order chi connectivity index (χ1) is 9.30. The molecule has 7 nitrogen and oxygen atoms in total. The van der Waals surface area contributed by atoms with Gasteiger partial charge in [-0.1, -0.05) is 25.9 Å². The van der Waals surface area contributed by atoms with Gasteiger partial charge in [-0.2, -0.15) is 4.98 Å². The maximum Gasteiger partial charge on any atom is 0.246 e. The lowest BCUT2D eigenvalue weighted by Crippen LogP contribution is -2.66. The van der Waals surface area contributed by atoms with E-state index in [0.29, 0.717) is 18.8 Å². The second-order valence-electron chi connectivity index (χ2n) is 6.11. The molecule has 1 fully saturated rings. The van der Waals surface area contributed by atoms with Gasteiger partial charge in [0.2, 0.25) is 18.2 Å². The fourth-order valence-corrected chi connectivity index (χ4v) is 2.24. The van der Waals surface area contributed by atoms with E-state index in [-0.39, 0.29) is 17.2 Å². The van der Waals surface area contributed by atoms with Crippen LogP contribution in [0.3, 0.4) is 0 Å². The smallest absolute Gasteiger partial charge is 0.246 e. The summed E-state index contributed by atoms with van der Waals surface area (Å²) in [7, 11) is 0. The van der Waals surface area contributed by atoms with Crippen molar-refractivity contribution in [3.05, 3.63) is 12.2 Å². The number of hydrogen-bond acceptors (Lipinski definition) is 5. The lowest BCUT2D eigenvalue weighted by atomic mass is 9.84. The number of nitrogens with zero attached hydrogens (tertiary/aromatic N) is 3. The second kappa shape index (κ2) is 5.22. The minimum absolute atomic E-state index is 0.0619. The molecule has 2 heterocycles. The van der Waals surface area contributed by atoms with Crippen LogP contribution in [0.4, 0.5) is 0 Å². The van der Waals surface area contributed by atoms with Crippen molar-refractivity contribution in [3.63, 3.8) is 0 Å². The Bertz CT molecular complexity index is 492. The van der Waals surface area contributed by atoms with E-state index in [1.165, 1.54) is 6.39 Å². The zero-order valence-corrected chi connectivity index (χ0v) is 12.2. The fourth-order valence-electron chi connectivity index (χ4n) is 2.24. The number of carbonyl (C=O) groups excluding carboxylic acids is 2. The van der Waals surface area contributed by atoms with Crippen molar-refractivity contribution in [2.45, 2.75) is 46.2 Å². The molecule has 0 bridgehead atoms. The molecule has 1 aromatic rings. The molecule has 2 atom stereocenters. The van der Waals surface area contributed by atoms with Gasteiger partial charge in [0, 0.05) is 13.0 Å². The molecule has 110 valence electrons. The molecule has 2 unspecified atom stereocenters. The lowest BCUT2D eigenvalue weighted by Gasteiger charge is -2.42. The van der Waals surface area contributed by atoms with E-state index in [2.05, 4.69) is 20.0 Å². The van der Waals surface area contributed by atoms with Crippen LogP contribution in [0.2, 0.25) is 0 Å². The first-order valence-corrected chi connectivity index (χ1v) is 6.67. The molecule has 1 aliphatic rings. The molecule has 0 aromatic carbocycles. The van der Waals surface area contributed by atoms with Crippen molar-refractivity contribution in [2.75, 3.05) is 6.54 Å². The number of hydrogen-bond donors (Lipinski definition) is 1. The molecule has 1 saturated heterocycles. The Balaban J connectivity index is 2.12. The van der Waals surface area contributed by atoms with Gasteiger partial charge in [-0.05, 0) is 12.3 Å². The van der Waals surface area contributed by atoms with Gasteiger partial charge in [0.1, 0.15) is 12.1 Å². The van der Waals surface area contributed by atoms with E-state index in [0.717, 1.165) is 0 Å². The summed E-state index contributed by atoms with van der Waals surface area (Å²) in [4.78, 5) is 30.1. The van der Waals surface area contributed by atoms with Crippen LogP contribution in [-0.4, -0.2) is 45.5 Å². The molecule has 2 amide bonds. The van der Waals surface area contributed by atoms with Crippen LogP contribution in [0.5, 0.6) is 0 Å². The monoisotopic (exact) mass is 280 g/mol. The highest BCUT2D eigenvalue weighted by Gasteiger charge is 2.43. The van der Waals surface area contributed by atoms with Gasteiger partial charge in [0.25, 0.3) is 0 Å². The highest BCUT2D eigenvalue weighted by Crippen LogP contribution is 2.25. The Morgan fingerprint density at radius 3 is 2.65 bits per heavy atom. The number of nitrogens with one attached hydrogen (secondary N) is 1. The minimum Gasteiger partial charge on any atom is -0.343 e. The van der Waals surface area contributed by atoms with Crippen molar-refractivity contribution in [2.24, 2.45) is 5.41 Å². The standard InChI is InChI=1S/C13H20N4O3/c1-8-11(18)15-10(13(2,3)4)12(19)17(8)6-5-9-14-7-20-16-9/h7-8,10H,5-6H2,1-4H3,(H,15,18). The Morgan fingerprint density at radius 1 is 1.40 bits per heavy atom. The first kappa shape index (κ1) is 14.5. The molecule has 1 aliphatic heterocycles. The second-order valence-corrected chi connectivity index (χ2v) is 6.11. The molecule has 0 aliphatic carbocycles. The van der Waals surface area contributed by atoms with E-state index in [1.54, 1.807) is 11.8 Å². The van der Waals surface area contributed by atoms with Crippen LogP contribution in [0.15, 0.2) is 10.9 Å². The normalized spacial score (nSPS) is 23.9. The van der Waals surface area contributed by atoms with E-state index in [9.17, 15) is 9.59 Å². The Morgan fingerprint density at radius 2 is 2.10 bits per heavy atom. The Labute approximate surface area is 117 Å². The third kappa shape index (κ3) is 2.81. The molecule has 7 heteroatoms. The third-order valence-electron chi connectivity index (χ3n) is 3.51. The molecule has 0 saturated carbocycles. The Kier molecular flexibility index (Phi) is 3.78. The van der Waals surface area contributed by atoms with Crippen LogP contribution < -0.4 is 5.32 Å². The summed E-state index contributed by atoms with van der Waals surface area (Å²) in [6, 6.07) is -0.982. The van der Waals surface area contributed by atoms with E-state index in [4.69, 9.17) is 0 Å². The first-order valence-electron chi connectivity index (χ1n) is 6.67. The molecule has 2 rings (SSSR count). The number of carbonyl (C=O) groups is 2. The average molecular weight is 280 g/mol. The minimum atomic E-state index is -0.503. The SMILES string of the molecule is CC1C(=O)NC(C(C)(C)C)C(=O)N1CCc1ncon1. The summed E-state index contributed by atoms with van der Waals surface area (Å²) in [5, 5.41) is 6.51. The van der Waals surface area contributed by atoms with E-state index >= 15 is 0 Å². The molecule has 0 radical (unpaired) electrons. The van der Waals surface area contributed by atoms with Gasteiger partial charge in [-0.25, -0.2) is 0 Å². The zero-order chi connectivity index (χ0) is 14.9. The fraction of sp³-hybridized carbons (Fsp3) is 0.692. The summed E-state index contributed by atoms with van der Waals surface area (Å²) in [6.07, 6.45) is 1.72. The summed E-state index contributed by atoms with van der Waals surface area (Å²) in [5.74, 6) is 0.342. The number of piperazine rings is 1. The molecule has 1 N–H and O–H groups in total. The molecular formula is C13H20N4O3. The van der Waals surface area contributed by atoms with Crippen LogP contribution >= 0.6 is 0 Å².